The summed E-state index contributed by atoms with van der Waals surface area (Å²) in [5.41, 5.74) is 13.0. The van der Waals surface area contributed by atoms with Gasteiger partial charge in [0.1, 0.15) is 0 Å². The summed E-state index contributed by atoms with van der Waals surface area (Å²) in [5.74, 6) is 0. The molecule has 0 bridgehead atoms. The predicted octanol–water partition coefficient (Wildman–Crippen LogP) is 4.07. The lowest BCUT2D eigenvalue weighted by molar-refractivity contribution is 0.118. The normalized spacial score (nSPS) is 13.8. The van der Waals surface area contributed by atoms with E-state index in [4.69, 9.17) is 10.5 Å². The summed E-state index contributed by atoms with van der Waals surface area (Å²) in [4.78, 5) is 0. The standard InChI is InChI=1S/C19H23NO/c1-2-3-10-21-13-19(20)15-8-9-18-16(12-15)11-14-6-4-5-7-17(14)18/h4-9,12,19H,2-3,10-11,13,20H2,1H3. The van der Waals surface area contributed by atoms with Gasteiger partial charge >= 0.3 is 0 Å². The topological polar surface area (TPSA) is 35.2 Å². The van der Waals surface area contributed by atoms with E-state index in [1.165, 1.54) is 27.8 Å². The number of fused-ring (bicyclic) bond motifs is 3. The Kier molecular flexibility index (Phi) is 4.37. The molecule has 0 radical (unpaired) electrons. The largest absolute Gasteiger partial charge is 0.379 e. The van der Waals surface area contributed by atoms with Gasteiger partial charge in [-0.25, -0.2) is 0 Å². The number of hydrogen-bond donors (Lipinski definition) is 1. The minimum Gasteiger partial charge on any atom is -0.379 e. The van der Waals surface area contributed by atoms with E-state index in [1.807, 2.05) is 0 Å². The molecule has 1 atom stereocenters. The summed E-state index contributed by atoms with van der Waals surface area (Å²) in [6.45, 7) is 3.58. The number of benzene rings is 2. The highest BCUT2D eigenvalue weighted by Gasteiger charge is 2.19. The Hall–Kier alpha value is -1.64. The Morgan fingerprint density at radius 1 is 1.10 bits per heavy atom. The van der Waals surface area contributed by atoms with E-state index in [-0.39, 0.29) is 6.04 Å². The van der Waals surface area contributed by atoms with Crippen molar-refractivity contribution in [3.8, 4) is 11.1 Å². The molecule has 2 heteroatoms. The molecule has 0 amide bonds. The highest BCUT2D eigenvalue weighted by Crippen LogP contribution is 2.37. The lowest BCUT2D eigenvalue weighted by Gasteiger charge is -2.14. The molecule has 2 N–H and O–H groups in total. The fourth-order valence-corrected chi connectivity index (χ4v) is 2.95. The highest BCUT2D eigenvalue weighted by atomic mass is 16.5. The Balaban J connectivity index is 1.71. The summed E-state index contributed by atoms with van der Waals surface area (Å²) in [7, 11) is 0. The third-order valence-electron chi connectivity index (χ3n) is 4.19. The van der Waals surface area contributed by atoms with Crippen LogP contribution in [0, 0.1) is 0 Å². The average molecular weight is 281 g/mol. The quantitative estimate of drug-likeness (QED) is 0.691. The number of unbranched alkanes of at least 4 members (excludes halogenated alkanes) is 1. The minimum atomic E-state index is -0.0316. The van der Waals surface area contributed by atoms with E-state index in [1.54, 1.807) is 0 Å². The zero-order chi connectivity index (χ0) is 14.7. The molecule has 0 fully saturated rings. The van der Waals surface area contributed by atoms with Crippen molar-refractivity contribution in [2.24, 2.45) is 5.73 Å². The van der Waals surface area contributed by atoms with Crippen LogP contribution in [0.3, 0.4) is 0 Å². The van der Waals surface area contributed by atoms with Crippen LogP contribution in [0.5, 0.6) is 0 Å². The lowest BCUT2D eigenvalue weighted by atomic mass is 10.0. The second-order valence-corrected chi connectivity index (χ2v) is 5.79. The molecule has 0 spiro atoms. The minimum absolute atomic E-state index is 0.0316. The van der Waals surface area contributed by atoms with Gasteiger partial charge in [0.2, 0.25) is 0 Å². The number of nitrogens with two attached hydrogens (primary N) is 1. The molecular formula is C19H23NO. The molecule has 2 aromatic rings. The maximum Gasteiger partial charge on any atom is 0.0659 e. The van der Waals surface area contributed by atoms with Crippen LogP contribution in [0.15, 0.2) is 42.5 Å². The van der Waals surface area contributed by atoms with Gasteiger partial charge in [-0.3, -0.25) is 0 Å². The molecule has 0 saturated heterocycles. The summed E-state index contributed by atoms with van der Waals surface area (Å²) >= 11 is 0. The number of hydrogen-bond acceptors (Lipinski definition) is 2. The van der Waals surface area contributed by atoms with Gasteiger partial charge in [0.25, 0.3) is 0 Å². The molecule has 0 aliphatic heterocycles. The molecule has 21 heavy (non-hydrogen) atoms. The Morgan fingerprint density at radius 3 is 2.76 bits per heavy atom. The van der Waals surface area contributed by atoms with E-state index in [0.29, 0.717) is 6.61 Å². The van der Waals surface area contributed by atoms with Gasteiger partial charge < -0.3 is 10.5 Å². The average Bonchev–Trinajstić information content (AvgIpc) is 2.89. The number of rotatable bonds is 6. The zero-order valence-electron chi connectivity index (χ0n) is 12.6. The van der Waals surface area contributed by atoms with Gasteiger partial charge in [0.15, 0.2) is 0 Å². The van der Waals surface area contributed by atoms with Crippen LogP contribution in [0.2, 0.25) is 0 Å². The van der Waals surface area contributed by atoms with Crippen LogP contribution >= 0.6 is 0 Å². The van der Waals surface area contributed by atoms with Crippen LogP contribution < -0.4 is 5.73 Å². The monoisotopic (exact) mass is 281 g/mol. The molecule has 110 valence electrons. The van der Waals surface area contributed by atoms with Crippen molar-refractivity contribution in [3.63, 3.8) is 0 Å². The van der Waals surface area contributed by atoms with Gasteiger partial charge in [-0.05, 0) is 40.7 Å². The fourth-order valence-electron chi connectivity index (χ4n) is 2.95. The van der Waals surface area contributed by atoms with Gasteiger partial charge in [-0.1, -0.05) is 55.8 Å². The van der Waals surface area contributed by atoms with E-state index in [9.17, 15) is 0 Å². The molecule has 2 aromatic carbocycles. The molecule has 0 saturated carbocycles. The van der Waals surface area contributed by atoms with Gasteiger partial charge in [-0.15, -0.1) is 0 Å². The number of ether oxygens (including phenoxy) is 1. The van der Waals surface area contributed by atoms with Crippen LogP contribution in [0.25, 0.3) is 11.1 Å². The second-order valence-electron chi connectivity index (χ2n) is 5.79. The molecule has 1 unspecified atom stereocenters. The van der Waals surface area contributed by atoms with Crippen LogP contribution in [0.1, 0.15) is 42.5 Å². The Morgan fingerprint density at radius 2 is 1.90 bits per heavy atom. The maximum absolute atomic E-state index is 6.25. The van der Waals surface area contributed by atoms with Crippen molar-refractivity contribution in [3.05, 3.63) is 59.2 Å². The molecule has 0 aromatic heterocycles. The van der Waals surface area contributed by atoms with Gasteiger partial charge in [0.05, 0.1) is 12.6 Å². The van der Waals surface area contributed by atoms with Crippen molar-refractivity contribution in [2.45, 2.75) is 32.2 Å². The third-order valence-corrected chi connectivity index (χ3v) is 4.19. The summed E-state index contributed by atoms with van der Waals surface area (Å²) < 4.78 is 5.65. The highest BCUT2D eigenvalue weighted by molar-refractivity contribution is 5.76. The molecular weight excluding hydrogens is 258 g/mol. The first-order valence-corrected chi connectivity index (χ1v) is 7.84. The SMILES string of the molecule is CCCCOCC(N)c1ccc2c(c1)Cc1ccccc1-2. The first-order valence-electron chi connectivity index (χ1n) is 7.84. The van der Waals surface area contributed by atoms with Crippen LogP contribution in [0.4, 0.5) is 0 Å². The van der Waals surface area contributed by atoms with Crippen molar-refractivity contribution in [1.29, 1.82) is 0 Å². The van der Waals surface area contributed by atoms with E-state index >= 15 is 0 Å². The first kappa shape index (κ1) is 14.3. The summed E-state index contributed by atoms with van der Waals surface area (Å²) in [6, 6.07) is 15.2. The Labute approximate surface area is 126 Å². The van der Waals surface area contributed by atoms with Crippen molar-refractivity contribution < 1.29 is 4.74 Å². The predicted molar refractivity (Wildman–Crippen MR) is 87.3 cm³/mol. The summed E-state index contributed by atoms with van der Waals surface area (Å²) in [6.07, 6.45) is 3.28. The van der Waals surface area contributed by atoms with Crippen molar-refractivity contribution >= 4 is 0 Å². The van der Waals surface area contributed by atoms with Crippen LogP contribution in [-0.2, 0) is 11.2 Å². The molecule has 0 heterocycles. The van der Waals surface area contributed by atoms with Gasteiger partial charge in [-0.2, -0.15) is 0 Å². The third kappa shape index (κ3) is 3.02. The van der Waals surface area contributed by atoms with Gasteiger partial charge in [0, 0.05) is 6.61 Å². The van der Waals surface area contributed by atoms with E-state index in [0.717, 1.165) is 25.9 Å². The van der Waals surface area contributed by atoms with Crippen molar-refractivity contribution in [1.82, 2.24) is 0 Å². The lowest BCUT2D eigenvalue weighted by Crippen LogP contribution is -2.17. The summed E-state index contributed by atoms with van der Waals surface area (Å²) in [5, 5.41) is 0. The molecule has 1 aliphatic carbocycles. The van der Waals surface area contributed by atoms with Crippen molar-refractivity contribution in [2.75, 3.05) is 13.2 Å². The van der Waals surface area contributed by atoms with E-state index < -0.39 is 0 Å². The molecule has 2 nitrogen and oxygen atoms in total. The zero-order valence-corrected chi connectivity index (χ0v) is 12.6. The first-order chi connectivity index (χ1) is 10.3. The smallest absolute Gasteiger partial charge is 0.0659 e. The fraction of sp³-hybridized carbons (Fsp3) is 0.368. The second kappa shape index (κ2) is 6.42. The Bertz CT molecular complexity index is 621. The molecule has 3 rings (SSSR count). The molecule has 1 aliphatic rings. The maximum atomic E-state index is 6.25. The van der Waals surface area contributed by atoms with Crippen LogP contribution in [-0.4, -0.2) is 13.2 Å². The van der Waals surface area contributed by atoms with E-state index in [2.05, 4.69) is 49.4 Å².